The van der Waals surface area contributed by atoms with E-state index in [1.54, 1.807) is 0 Å². The Hall–Kier alpha value is -1.06. The molecule has 2 aliphatic rings. The molecule has 4 atom stereocenters. The Morgan fingerprint density at radius 1 is 1.47 bits per heavy atom. The fourth-order valence-corrected chi connectivity index (χ4v) is 4.04. The second kappa shape index (κ2) is 4.80. The second-order valence-electron chi connectivity index (χ2n) is 5.66. The van der Waals surface area contributed by atoms with E-state index < -0.39 is 5.97 Å². The van der Waals surface area contributed by atoms with Crippen LogP contribution in [0.1, 0.15) is 37.8 Å². The number of nitrogens with zero attached hydrogens (tertiary/aromatic N) is 1. The average Bonchev–Trinajstić information content (AvgIpc) is 2.95. The predicted octanol–water partition coefficient (Wildman–Crippen LogP) is 3.34. The highest BCUT2D eigenvalue weighted by Crippen LogP contribution is 2.46. The Morgan fingerprint density at radius 3 is 2.89 bits per heavy atom. The highest BCUT2D eigenvalue weighted by atomic mass is 35.5. The van der Waals surface area contributed by atoms with E-state index >= 15 is 0 Å². The summed E-state index contributed by atoms with van der Waals surface area (Å²) in [7, 11) is 0. The Kier molecular flexibility index (Phi) is 3.27. The van der Waals surface area contributed by atoms with Crippen molar-refractivity contribution in [2.45, 2.75) is 44.3 Å². The molecule has 3 nitrogen and oxygen atoms in total. The highest BCUT2D eigenvalue weighted by Gasteiger charge is 2.50. The van der Waals surface area contributed by atoms with Crippen LogP contribution in [-0.4, -0.2) is 28.1 Å². The first-order valence-corrected chi connectivity index (χ1v) is 7.21. The summed E-state index contributed by atoms with van der Waals surface area (Å²) in [4.78, 5) is 13.7. The van der Waals surface area contributed by atoms with Gasteiger partial charge in [0.05, 0.1) is 5.92 Å². The van der Waals surface area contributed by atoms with Gasteiger partial charge in [0, 0.05) is 23.1 Å². The summed E-state index contributed by atoms with van der Waals surface area (Å²) in [5.74, 6) is -0.837. The standard InChI is InChI=1S/C15H18ClNO2/c1-9(10-3-2-4-11(16)7-10)17-12-5-6-14(17)13(8-12)15(18)19/h2-4,7,9,12-14H,5-6,8H2,1H3,(H,18,19). The van der Waals surface area contributed by atoms with Gasteiger partial charge >= 0.3 is 5.97 Å². The van der Waals surface area contributed by atoms with Crippen LogP contribution in [0.2, 0.25) is 5.02 Å². The van der Waals surface area contributed by atoms with E-state index in [9.17, 15) is 9.90 Å². The van der Waals surface area contributed by atoms with Gasteiger partial charge in [0.15, 0.2) is 0 Å². The van der Waals surface area contributed by atoms with Crippen molar-refractivity contribution in [2.75, 3.05) is 0 Å². The topological polar surface area (TPSA) is 40.5 Å². The predicted molar refractivity (Wildman–Crippen MR) is 74.3 cm³/mol. The van der Waals surface area contributed by atoms with Crippen LogP contribution in [0.5, 0.6) is 0 Å². The number of carboxylic acids is 1. The van der Waals surface area contributed by atoms with E-state index in [0.717, 1.165) is 24.3 Å². The molecule has 4 heteroatoms. The molecule has 4 unspecified atom stereocenters. The van der Waals surface area contributed by atoms with Crippen LogP contribution in [0.3, 0.4) is 0 Å². The van der Waals surface area contributed by atoms with Crippen molar-refractivity contribution in [2.24, 2.45) is 5.92 Å². The molecule has 2 heterocycles. The summed E-state index contributed by atoms with van der Waals surface area (Å²) in [6, 6.07) is 8.73. The van der Waals surface area contributed by atoms with Crippen molar-refractivity contribution < 1.29 is 9.90 Å². The van der Waals surface area contributed by atoms with E-state index in [4.69, 9.17) is 11.6 Å². The third-order valence-electron chi connectivity index (χ3n) is 4.69. The first-order chi connectivity index (χ1) is 9.08. The zero-order chi connectivity index (χ0) is 13.6. The lowest BCUT2D eigenvalue weighted by Gasteiger charge is -2.30. The quantitative estimate of drug-likeness (QED) is 0.922. The molecule has 1 N–H and O–H groups in total. The van der Waals surface area contributed by atoms with E-state index in [1.165, 1.54) is 5.56 Å². The van der Waals surface area contributed by atoms with Crippen LogP contribution in [0.25, 0.3) is 0 Å². The summed E-state index contributed by atoms with van der Waals surface area (Å²) in [6.07, 6.45) is 2.93. The number of hydrogen-bond donors (Lipinski definition) is 1. The number of carboxylic acid groups (broad SMARTS) is 1. The maximum absolute atomic E-state index is 11.3. The van der Waals surface area contributed by atoms with Crippen LogP contribution in [-0.2, 0) is 4.79 Å². The van der Waals surface area contributed by atoms with Crippen molar-refractivity contribution in [3.8, 4) is 0 Å². The third-order valence-corrected chi connectivity index (χ3v) is 4.92. The molecule has 2 saturated heterocycles. The minimum absolute atomic E-state index is 0.191. The molecule has 0 spiro atoms. The lowest BCUT2D eigenvalue weighted by Crippen LogP contribution is -2.34. The number of fused-ring (bicyclic) bond motifs is 2. The van der Waals surface area contributed by atoms with Crippen LogP contribution in [0, 0.1) is 5.92 Å². The maximum Gasteiger partial charge on any atom is 0.308 e. The van der Waals surface area contributed by atoms with Gasteiger partial charge in [-0.25, -0.2) is 0 Å². The van der Waals surface area contributed by atoms with Gasteiger partial charge in [-0.2, -0.15) is 0 Å². The number of halogens is 1. The molecular formula is C15H18ClNO2. The third kappa shape index (κ3) is 2.15. The summed E-state index contributed by atoms with van der Waals surface area (Å²) >= 11 is 6.05. The number of carbonyl (C=O) groups is 1. The van der Waals surface area contributed by atoms with Gasteiger partial charge in [0.1, 0.15) is 0 Å². The van der Waals surface area contributed by atoms with E-state index in [1.807, 2.05) is 18.2 Å². The number of rotatable bonds is 3. The average molecular weight is 280 g/mol. The fraction of sp³-hybridized carbons (Fsp3) is 0.533. The van der Waals surface area contributed by atoms with Gasteiger partial charge in [-0.15, -0.1) is 0 Å². The van der Waals surface area contributed by atoms with Crippen LogP contribution >= 0.6 is 11.6 Å². The van der Waals surface area contributed by atoms with Crippen molar-refractivity contribution in [3.63, 3.8) is 0 Å². The second-order valence-corrected chi connectivity index (χ2v) is 6.09. The minimum atomic E-state index is -0.643. The molecule has 2 aliphatic heterocycles. The number of hydrogen-bond acceptors (Lipinski definition) is 2. The van der Waals surface area contributed by atoms with Crippen molar-refractivity contribution >= 4 is 17.6 Å². The largest absolute Gasteiger partial charge is 0.481 e. The maximum atomic E-state index is 11.3. The molecule has 19 heavy (non-hydrogen) atoms. The molecule has 2 fully saturated rings. The number of aliphatic carboxylic acids is 1. The summed E-state index contributed by atoms with van der Waals surface area (Å²) in [5, 5.41) is 10.0. The molecule has 0 amide bonds. The lowest BCUT2D eigenvalue weighted by molar-refractivity contribution is -0.142. The summed E-state index contributed by atoms with van der Waals surface area (Å²) in [6.45, 7) is 2.15. The van der Waals surface area contributed by atoms with Crippen LogP contribution in [0.4, 0.5) is 0 Å². The van der Waals surface area contributed by atoms with E-state index in [2.05, 4.69) is 17.9 Å². The minimum Gasteiger partial charge on any atom is -0.481 e. The van der Waals surface area contributed by atoms with E-state index in [0.29, 0.717) is 6.04 Å². The van der Waals surface area contributed by atoms with Crippen molar-refractivity contribution in [1.82, 2.24) is 4.90 Å². The zero-order valence-electron chi connectivity index (χ0n) is 10.9. The smallest absolute Gasteiger partial charge is 0.308 e. The molecule has 1 aromatic rings. The normalized spacial score (nSPS) is 31.6. The number of benzene rings is 1. The van der Waals surface area contributed by atoms with Crippen molar-refractivity contribution in [1.29, 1.82) is 0 Å². The Balaban J connectivity index is 1.85. The van der Waals surface area contributed by atoms with Gasteiger partial charge in [-0.1, -0.05) is 23.7 Å². The summed E-state index contributed by atoms with van der Waals surface area (Å²) < 4.78 is 0. The first kappa shape index (κ1) is 12.9. The molecule has 3 rings (SSSR count). The van der Waals surface area contributed by atoms with Crippen LogP contribution < -0.4 is 0 Å². The molecule has 102 valence electrons. The molecule has 0 saturated carbocycles. The van der Waals surface area contributed by atoms with E-state index in [-0.39, 0.29) is 18.0 Å². The van der Waals surface area contributed by atoms with Gasteiger partial charge in [0.25, 0.3) is 0 Å². The zero-order valence-corrected chi connectivity index (χ0v) is 11.7. The van der Waals surface area contributed by atoms with Gasteiger partial charge < -0.3 is 5.11 Å². The fourth-order valence-electron chi connectivity index (χ4n) is 3.84. The van der Waals surface area contributed by atoms with Crippen molar-refractivity contribution in [3.05, 3.63) is 34.9 Å². The Morgan fingerprint density at radius 2 is 2.26 bits per heavy atom. The molecule has 0 aliphatic carbocycles. The molecule has 0 radical (unpaired) electrons. The van der Waals surface area contributed by atoms with Crippen LogP contribution in [0.15, 0.2) is 24.3 Å². The molecule has 2 bridgehead atoms. The van der Waals surface area contributed by atoms with Gasteiger partial charge in [-0.3, -0.25) is 9.69 Å². The SMILES string of the molecule is CC(c1cccc(Cl)c1)N1C2CCC1C(C(=O)O)C2. The van der Waals surface area contributed by atoms with Gasteiger partial charge in [0.2, 0.25) is 0 Å². The monoisotopic (exact) mass is 279 g/mol. The molecule has 1 aromatic carbocycles. The lowest BCUT2D eigenvalue weighted by atomic mass is 9.89. The van der Waals surface area contributed by atoms with Gasteiger partial charge in [-0.05, 0) is 43.9 Å². The first-order valence-electron chi connectivity index (χ1n) is 6.83. The highest BCUT2D eigenvalue weighted by molar-refractivity contribution is 6.30. The molecular weight excluding hydrogens is 262 g/mol. The molecule has 0 aromatic heterocycles. The Labute approximate surface area is 118 Å². The summed E-state index contributed by atoms with van der Waals surface area (Å²) in [5.41, 5.74) is 1.18. The Bertz CT molecular complexity index is 505.